The van der Waals surface area contributed by atoms with Crippen LogP contribution in [0.4, 0.5) is 17.1 Å². The summed E-state index contributed by atoms with van der Waals surface area (Å²) in [4.78, 5) is 2.45. The predicted molar refractivity (Wildman–Crippen MR) is 236 cm³/mol. The van der Waals surface area contributed by atoms with Gasteiger partial charge in [-0.2, -0.15) is 0 Å². The fraction of sp³-hybridized carbons (Fsp3) is 0.0545. The molecule has 2 heteroatoms. The predicted octanol–water partition coefficient (Wildman–Crippen LogP) is 14.8. The van der Waals surface area contributed by atoms with E-state index in [1.807, 2.05) is 0 Å². The van der Waals surface area contributed by atoms with Crippen molar-refractivity contribution in [2.75, 3.05) is 4.90 Å². The first-order valence-electron chi connectivity index (χ1n) is 20.0. The number of rotatable bonds is 5. The van der Waals surface area contributed by atoms with Crippen LogP contribution in [0.3, 0.4) is 0 Å². The van der Waals surface area contributed by atoms with Gasteiger partial charge in [0, 0.05) is 33.4 Å². The van der Waals surface area contributed by atoms with Crippen molar-refractivity contribution in [3.63, 3.8) is 0 Å². The fourth-order valence-corrected chi connectivity index (χ4v) is 10.2. The van der Waals surface area contributed by atoms with Crippen molar-refractivity contribution in [1.82, 2.24) is 0 Å². The largest absolute Gasteiger partial charge is 0.455 e. The minimum absolute atomic E-state index is 0.486. The van der Waals surface area contributed by atoms with Gasteiger partial charge in [0.05, 0.1) is 5.41 Å². The molecule has 268 valence electrons. The molecule has 0 aliphatic heterocycles. The third-order valence-corrected chi connectivity index (χ3v) is 12.5. The van der Waals surface area contributed by atoms with E-state index in [0.29, 0.717) is 0 Å². The second kappa shape index (κ2) is 12.4. The number of hydrogen-bond donors (Lipinski definition) is 0. The number of allylic oxidation sites excluding steroid dienone is 4. The molecular formula is C55H37NO. The summed E-state index contributed by atoms with van der Waals surface area (Å²) in [5, 5.41) is 2.32. The van der Waals surface area contributed by atoms with Crippen molar-refractivity contribution < 1.29 is 4.42 Å². The summed E-state index contributed by atoms with van der Waals surface area (Å²) in [6.45, 7) is 0. The van der Waals surface area contributed by atoms with Gasteiger partial charge in [0.2, 0.25) is 0 Å². The van der Waals surface area contributed by atoms with Crippen LogP contribution in [0.15, 0.2) is 210 Å². The van der Waals surface area contributed by atoms with Crippen molar-refractivity contribution in [2.24, 2.45) is 0 Å². The first-order chi connectivity index (χ1) is 28.3. The van der Waals surface area contributed by atoms with Gasteiger partial charge >= 0.3 is 0 Å². The number of para-hydroxylation sites is 2. The van der Waals surface area contributed by atoms with E-state index in [9.17, 15) is 0 Å². The van der Waals surface area contributed by atoms with E-state index in [0.717, 1.165) is 46.5 Å². The zero-order chi connectivity index (χ0) is 37.5. The van der Waals surface area contributed by atoms with Crippen LogP contribution in [-0.2, 0) is 5.41 Å². The maximum absolute atomic E-state index is 6.81. The fourth-order valence-electron chi connectivity index (χ4n) is 10.2. The number of furan rings is 1. The monoisotopic (exact) mass is 727 g/mol. The lowest BCUT2D eigenvalue weighted by atomic mass is 9.69. The van der Waals surface area contributed by atoms with Gasteiger partial charge in [-0.1, -0.05) is 152 Å². The summed E-state index contributed by atoms with van der Waals surface area (Å²) < 4.78 is 6.81. The first-order valence-corrected chi connectivity index (χ1v) is 20.0. The van der Waals surface area contributed by atoms with Crippen LogP contribution in [0, 0.1) is 0 Å². The van der Waals surface area contributed by atoms with E-state index >= 15 is 0 Å². The van der Waals surface area contributed by atoms with Crippen LogP contribution in [0.25, 0.3) is 60.9 Å². The van der Waals surface area contributed by atoms with Gasteiger partial charge < -0.3 is 9.32 Å². The highest BCUT2D eigenvalue weighted by Gasteiger charge is 2.53. The van der Waals surface area contributed by atoms with Crippen LogP contribution in [0.1, 0.15) is 35.1 Å². The molecule has 8 aromatic carbocycles. The molecule has 0 radical (unpaired) electrons. The van der Waals surface area contributed by atoms with E-state index < -0.39 is 5.41 Å². The molecule has 12 rings (SSSR count). The van der Waals surface area contributed by atoms with Crippen LogP contribution in [0.2, 0.25) is 0 Å². The Morgan fingerprint density at radius 3 is 1.91 bits per heavy atom. The maximum atomic E-state index is 6.81. The Balaban J connectivity index is 1.13. The first kappa shape index (κ1) is 32.1. The normalized spacial score (nSPS) is 16.2. The van der Waals surface area contributed by atoms with E-state index in [-0.39, 0.29) is 0 Å². The van der Waals surface area contributed by atoms with Crippen molar-refractivity contribution in [2.45, 2.75) is 18.3 Å². The lowest BCUT2D eigenvalue weighted by molar-refractivity contribution is 0.669. The number of hydrogen-bond acceptors (Lipinski definition) is 2. The minimum Gasteiger partial charge on any atom is -0.455 e. The van der Waals surface area contributed by atoms with Crippen molar-refractivity contribution in [1.29, 1.82) is 0 Å². The van der Waals surface area contributed by atoms with Gasteiger partial charge in [0.1, 0.15) is 11.2 Å². The summed E-state index contributed by atoms with van der Waals surface area (Å²) in [6, 6.07) is 68.8. The van der Waals surface area contributed by atoms with Gasteiger partial charge in [-0.25, -0.2) is 0 Å². The number of benzene rings is 8. The molecule has 1 unspecified atom stereocenters. The molecule has 0 bridgehead atoms. The second-order valence-electron chi connectivity index (χ2n) is 15.5. The third kappa shape index (κ3) is 4.65. The van der Waals surface area contributed by atoms with Gasteiger partial charge in [0.25, 0.3) is 0 Å². The zero-order valence-corrected chi connectivity index (χ0v) is 31.3. The average Bonchev–Trinajstić information content (AvgIpc) is 3.91. The Morgan fingerprint density at radius 2 is 1.14 bits per heavy atom. The summed E-state index contributed by atoms with van der Waals surface area (Å²) >= 11 is 0. The highest BCUT2D eigenvalue weighted by Crippen LogP contribution is 2.65. The van der Waals surface area contributed by atoms with Gasteiger partial charge in [-0.05, 0) is 123 Å². The van der Waals surface area contributed by atoms with E-state index in [1.54, 1.807) is 0 Å². The molecule has 2 nitrogen and oxygen atoms in total. The van der Waals surface area contributed by atoms with Gasteiger partial charge in [-0.3, -0.25) is 0 Å². The topological polar surface area (TPSA) is 16.4 Å². The number of fused-ring (bicyclic) bond motifs is 13. The van der Waals surface area contributed by atoms with E-state index in [1.165, 1.54) is 72.2 Å². The molecule has 3 aliphatic carbocycles. The molecule has 0 fully saturated rings. The van der Waals surface area contributed by atoms with Crippen LogP contribution < -0.4 is 4.90 Å². The smallest absolute Gasteiger partial charge is 0.143 e. The van der Waals surface area contributed by atoms with E-state index in [2.05, 4.69) is 205 Å². The maximum Gasteiger partial charge on any atom is 0.143 e. The van der Waals surface area contributed by atoms with Gasteiger partial charge in [-0.15, -0.1) is 0 Å². The molecule has 1 spiro atoms. The Labute approximate surface area is 332 Å². The van der Waals surface area contributed by atoms with Crippen LogP contribution in [0.5, 0.6) is 0 Å². The summed E-state index contributed by atoms with van der Waals surface area (Å²) in [6.07, 6.45) is 6.87. The second-order valence-corrected chi connectivity index (χ2v) is 15.5. The molecule has 1 atom stereocenters. The molecule has 1 aromatic heterocycles. The molecule has 0 amide bonds. The van der Waals surface area contributed by atoms with Crippen molar-refractivity contribution >= 4 is 44.6 Å². The molecule has 0 saturated heterocycles. The molecule has 9 aromatic rings. The minimum atomic E-state index is -0.486. The van der Waals surface area contributed by atoms with Crippen LogP contribution in [-0.4, -0.2) is 0 Å². The lowest BCUT2D eigenvalue weighted by Gasteiger charge is -2.33. The van der Waals surface area contributed by atoms with Crippen LogP contribution >= 0.6 is 0 Å². The SMILES string of the molecule is C1=CC2=C(CC1)c1ccc(N(c3ccccc3)c3cc(-c4ccccc4)cc(-c4ccccc4)c3)cc1C21c2ccccc2-c2c1ccc1c2oc2ccccc21. The van der Waals surface area contributed by atoms with Crippen molar-refractivity contribution in [3.8, 4) is 33.4 Å². The third-order valence-electron chi connectivity index (χ3n) is 12.5. The summed E-state index contributed by atoms with van der Waals surface area (Å²) in [5.74, 6) is 0. The Hall–Kier alpha value is -7.16. The molecular weight excluding hydrogens is 691 g/mol. The quantitative estimate of drug-likeness (QED) is 0.175. The number of nitrogens with zero attached hydrogens (tertiary/aromatic N) is 1. The van der Waals surface area contributed by atoms with E-state index in [4.69, 9.17) is 4.42 Å². The highest BCUT2D eigenvalue weighted by atomic mass is 16.3. The molecule has 0 N–H and O–H groups in total. The molecule has 57 heavy (non-hydrogen) atoms. The average molecular weight is 728 g/mol. The van der Waals surface area contributed by atoms with Crippen molar-refractivity contribution in [3.05, 3.63) is 228 Å². The standard InChI is InChI=1S/C55H37NO/c1-4-16-36(17-5-1)38-32-39(37-18-6-2-7-19-37)34-42(33-38)56(40-20-8-3-9-21-40)41-28-29-44-43-22-10-13-25-48(43)55(51(44)35-41)49-26-14-11-24-47(49)53-50(55)31-30-46-45-23-12-15-27-52(45)57-54(46)53/h1-9,11-21,23-35H,10,22H2. The Morgan fingerprint density at radius 1 is 0.456 bits per heavy atom. The lowest BCUT2D eigenvalue weighted by Crippen LogP contribution is -2.27. The molecule has 1 heterocycles. The Kier molecular flexibility index (Phi) is 7.00. The summed E-state index contributed by atoms with van der Waals surface area (Å²) in [7, 11) is 0. The highest BCUT2D eigenvalue weighted by molar-refractivity contribution is 6.13. The number of anilines is 3. The molecule has 3 aliphatic rings. The zero-order valence-electron chi connectivity index (χ0n) is 31.3. The Bertz CT molecular complexity index is 3060. The molecule has 0 saturated carbocycles. The van der Waals surface area contributed by atoms with Gasteiger partial charge in [0.15, 0.2) is 0 Å². The summed E-state index contributed by atoms with van der Waals surface area (Å²) in [5.41, 5.74) is 20.1.